The van der Waals surface area contributed by atoms with E-state index in [1.807, 2.05) is 0 Å². The fourth-order valence-corrected chi connectivity index (χ4v) is 3.11. The predicted molar refractivity (Wildman–Crippen MR) is 115 cm³/mol. The van der Waals surface area contributed by atoms with Crippen molar-refractivity contribution in [3.63, 3.8) is 0 Å². The molecule has 1 atom stereocenters. The van der Waals surface area contributed by atoms with Gasteiger partial charge in [0.05, 0.1) is 29.8 Å². The van der Waals surface area contributed by atoms with Crippen LogP contribution in [0.5, 0.6) is 0 Å². The Labute approximate surface area is 196 Å². The van der Waals surface area contributed by atoms with Crippen molar-refractivity contribution in [1.29, 1.82) is 0 Å². The number of alkyl halides is 3. The van der Waals surface area contributed by atoms with E-state index in [2.05, 4.69) is 20.9 Å². The van der Waals surface area contributed by atoms with Crippen LogP contribution in [-0.2, 0) is 19.1 Å². The molecule has 4 N–H and O–H groups in total. The van der Waals surface area contributed by atoms with Gasteiger partial charge in [-0.25, -0.2) is 9.07 Å². The van der Waals surface area contributed by atoms with Gasteiger partial charge < -0.3 is 20.7 Å². The molecular formula is C21H20BF4N5O4. The number of carbonyl (C=O) groups excluding carboxylic acids is 2. The third-order valence-electron chi connectivity index (χ3n) is 4.91. The minimum absolute atomic E-state index is 0.0182. The Morgan fingerprint density at radius 1 is 1.09 bits per heavy atom. The van der Waals surface area contributed by atoms with Gasteiger partial charge in [-0.2, -0.15) is 13.2 Å². The maximum absolute atomic E-state index is 13.9. The zero-order valence-electron chi connectivity index (χ0n) is 18.0. The van der Waals surface area contributed by atoms with E-state index in [9.17, 15) is 37.2 Å². The Bertz CT molecular complexity index is 1170. The summed E-state index contributed by atoms with van der Waals surface area (Å²) in [5.41, 5.74) is -1.11. The quantitative estimate of drug-likeness (QED) is 0.262. The first-order valence-corrected chi connectivity index (χ1v) is 10.3. The summed E-state index contributed by atoms with van der Waals surface area (Å²) in [6.07, 6.45) is -3.32. The van der Waals surface area contributed by atoms with Crippen molar-refractivity contribution in [2.75, 3.05) is 6.54 Å². The molecule has 1 aromatic heterocycles. The van der Waals surface area contributed by atoms with Crippen LogP contribution in [0.3, 0.4) is 0 Å². The summed E-state index contributed by atoms with van der Waals surface area (Å²) in [6, 6.07) is 10.5. The number of amides is 2. The van der Waals surface area contributed by atoms with Gasteiger partial charge in [0.1, 0.15) is 5.82 Å². The zero-order chi connectivity index (χ0) is 25.6. The summed E-state index contributed by atoms with van der Waals surface area (Å²) >= 11 is 0. The van der Waals surface area contributed by atoms with E-state index in [0.717, 1.165) is 11.6 Å². The molecule has 2 amide bonds. The molecule has 35 heavy (non-hydrogen) atoms. The van der Waals surface area contributed by atoms with Crippen molar-refractivity contribution in [1.82, 2.24) is 25.6 Å². The number of hydrogen-bond acceptors (Lipinski definition) is 6. The first kappa shape index (κ1) is 25.8. The van der Waals surface area contributed by atoms with Gasteiger partial charge in [-0.05, 0) is 30.2 Å². The lowest BCUT2D eigenvalue weighted by Gasteiger charge is -2.17. The SMILES string of the molecule is O=C(NC(Cc1ccccc1)B(O)O)c1cn(CCNC(=O)c2ccc(C(F)(F)F)cc2F)nn1. The highest BCUT2D eigenvalue weighted by molar-refractivity contribution is 6.43. The molecule has 0 fully saturated rings. The van der Waals surface area contributed by atoms with Crippen molar-refractivity contribution < 1.29 is 37.2 Å². The molecule has 1 unspecified atom stereocenters. The number of nitrogens with zero attached hydrogens (tertiary/aromatic N) is 3. The van der Waals surface area contributed by atoms with E-state index < -0.39 is 48.0 Å². The summed E-state index contributed by atoms with van der Waals surface area (Å²) in [5, 5.41) is 31.4. The van der Waals surface area contributed by atoms with Crippen LogP contribution in [0.4, 0.5) is 17.6 Å². The number of halogens is 4. The zero-order valence-corrected chi connectivity index (χ0v) is 18.0. The Kier molecular flexibility index (Phi) is 8.20. The molecule has 3 rings (SSSR count). The van der Waals surface area contributed by atoms with Gasteiger partial charge in [-0.15, -0.1) is 5.10 Å². The summed E-state index contributed by atoms with van der Waals surface area (Å²) in [6.45, 7) is -0.0694. The van der Waals surface area contributed by atoms with Crippen LogP contribution >= 0.6 is 0 Å². The molecule has 0 radical (unpaired) electrons. The van der Waals surface area contributed by atoms with E-state index >= 15 is 0 Å². The van der Waals surface area contributed by atoms with Crippen molar-refractivity contribution in [2.24, 2.45) is 0 Å². The molecule has 3 aromatic rings. The predicted octanol–water partition coefficient (Wildman–Crippen LogP) is 1.22. The number of rotatable bonds is 9. The molecule has 0 aliphatic carbocycles. The number of hydrogen-bond donors (Lipinski definition) is 4. The third-order valence-corrected chi connectivity index (χ3v) is 4.91. The molecule has 0 saturated heterocycles. The monoisotopic (exact) mass is 493 g/mol. The lowest BCUT2D eigenvalue weighted by molar-refractivity contribution is -0.137. The molecule has 0 bridgehead atoms. The molecule has 14 heteroatoms. The normalized spacial score (nSPS) is 12.2. The van der Waals surface area contributed by atoms with Gasteiger partial charge in [0, 0.05) is 6.54 Å². The highest BCUT2D eigenvalue weighted by Gasteiger charge is 2.31. The third kappa shape index (κ3) is 7.10. The molecule has 0 aliphatic heterocycles. The van der Waals surface area contributed by atoms with Gasteiger partial charge in [0.25, 0.3) is 11.8 Å². The van der Waals surface area contributed by atoms with Crippen LogP contribution in [0.25, 0.3) is 0 Å². The van der Waals surface area contributed by atoms with Gasteiger partial charge in [-0.3, -0.25) is 9.59 Å². The van der Waals surface area contributed by atoms with E-state index in [0.29, 0.717) is 6.07 Å². The van der Waals surface area contributed by atoms with Crippen LogP contribution in [-0.4, -0.2) is 56.5 Å². The Morgan fingerprint density at radius 2 is 1.80 bits per heavy atom. The first-order chi connectivity index (χ1) is 16.5. The van der Waals surface area contributed by atoms with Crippen molar-refractivity contribution >= 4 is 18.9 Å². The van der Waals surface area contributed by atoms with Crippen molar-refractivity contribution in [3.8, 4) is 0 Å². The Hall–Kier alpha value is -3.78. The summed E-state index contributed by atoms with van der Waals surface area (Å²) in [5.74, 6) is -3.95. The first-order valence-electron chi connectivity index (χ1n) is 10.3. The molecular weight excluding hydrogens is 473 g/mol. The average molecular weight is 493 g/mol. The molecule has 9 nitrogen and oxygen atoms in total. The molecule has 0 saturated carbocycles. The Morgan fingerprint density at radius 3 is 2.43 bits per heavy atom. The van der Waals surface area contributed by atoms with Gasteiger partial charge in [0.2, 0.25) is 0 Å². The molecule has 0 spiro atoms. The fraction of sp³-hybridized carbons (Fsp3) is 0.238. The smallest absolute Gasteiger partial charge is 0.426 e. The van der Waals surface area contributed by atoms with Gasteiger partial charge in [0.15, 0.2) is 5.69 Å². The molecule has 1 heterocycles. The second-order valence-electron chi connectivity index (χ2n) is 7.50. The highest BCUT2D eigenvalue weighted by atomic mass is 19.4. The van der Waals surface area contributed by atoms with E-state index in [1.165, 1.54) is 10.9 Å². The lowest BCUT2D eigenvalue weighted by Crippen LogP contribution is -2.48. The number of benzene rings is 2. The van der Waals surface area contributed by atoms with Crippen LogP contribution in [0.2, 0.25) is 0 Å². The largest absolute Gasteiger partial charge is 0.475 e. The minimum Gasteiger partial charge on any atom is -0.426 e. The number of aromatic nitrogens is 3. The van der Waals surface area contributed by atoms with Crippen LogP contribution in [0, 0.1) is 5.82 Å². The second-order valence-corrected chi connectivity index (χ2v) is 7.50. The summed E-state index contributed by atoms with van der Waals surface area (Å²) in [7, 11) is -1.82. The second kappa shape index (κ2) is 11.1. The van der Waals surface area contributed by atoms with Gasteiger partial charge in [-0.1, -0.05) is 35.5 Å². The van der Waals surface area contributed by atoms with Crippen LogP contribution in [0.15, 0.2) is 54.7 Å². The van der Waals surface area contributed by atoms with E-state index in [-0.39, 0.29) is 31.3 Å². The topological polar surface area (TPSA) is 129 Å². The van der Waals surface area contributed by atoms with E-state index in [1.54, 1.807) is 30.3 Å². The summed E-state index contributed by atoms with van der Waals surface area (Å²) < 4.78 is 53.0. The molecule has 0 aliphatic rings. The summed E-state index contributed by atoms with van der Waals surface area (Å²) in [4.78, 5) is 24.5. The maximum Gasteiger partial charge on any atom is 0.475 e. The number of carbonyl (C=O) groups is 2. The molecule has 184 valence electrons. The lowest BCUT2D eigenvalue weighted by atomic mass is 9.76. The standard InChI is InChI=1S/C21H20BF4N5O4/c23-16-11-14(21(24,25)26)6-7-15(16)19(32)27-8-9-31-12-17(29-30-31)20(33)28-18(22(34)35)10-13-4-2-1-3-5-13/h1-7,11-12,18,34-35H,8-10H2,(H,27,32)(H,28,33). The molecule has 2 aromatic carbocycles. The minimum atomic E-state index is -4.73. The van der Waals surface area contributed by atoms with Crippen LogP contribution < -0.4 is 10.6 Å². The maximum atomic E-state index is 13.9. The number of nitrogens with one attached hydrogen (secondary N) is 2. The van der Waals surface area contributed by atoms with Crippen LogP contribution in [0.1, 0.15) is 32.0 Å². The van der Waals surface area contributed by atoms with Gasteiger partial charge >= 0.3 is 13.3 Å². The Balaban J connectivity index is 1.53. The van der Waals surface area contributed by atoms with Crippen molar-refractivity contribution in [2.45, 2.75) is 25.1 Å². The van der Waals surface area contributed by atoms with E-state index in [4.69, 9.17) is 0 Å². The average Bonchev–Trinajstić information content (AvgIpc) is 3.27. The fourth-order valence-electron chi connectivity index (χ4n) is 3.11. The highest BCUT2D eigenvalue weighted by Crippen LogP contribution is 2.30. The van der Waals surface area contributed by atoms with Crippen molar-refractivity contribution in [3.05, 3.63) is 82.9 Å².